The van der Waals surface area contributed by atoms with Gasteiger partial charge in [0.2, 0.25) is 10.0 Å². The monoisotopic (exact) mass is 482 g/mol. The third-order valence-electron chi connectivity index (χ3n) is 5.32. The molecule has 0 aliphatic rings. The smallest absolute Gasteiger partial charge is 0.255 e. The average molecular weight is 483 g/mol. The first-order chi connectivity index (χ1) is 15.9. The Bertz CT molecular complexity index is 1380. The molecule has 0 aliphatic heterocycles. The Morgan fingerprint density at radius 1 is 1.09 bits per heavy atom. The van der Waals surface area contributed by atoms with E-state index in [1.165, 1.54) is 0 Å². The number of aliphatic hydroxyl groups is 1. The van der Waals surface area contributed by atoms with Gasteiger partial charge < -0.3 is 14.8 Å². The Hall–Kier alpha value is -3.36. The standard InChI is InChI=1S/C26H30N2O5S/c1-26(2,3)23-15-19(22-7-6-12-27-25(22)30)13-18(24(23)33-4)9-8-17-10-11-21(14-20(17)16-29)28-34(5,31)32/h6-15,28-29H,16H2,1-5H3,(H,27,30). The van der Waals surface area contributed by atoms with Crippen LogP contribution in [0.1, 0.15) is 43.0 Å². The van der Waals surface area contributed by atoms with Crippen LogP contribution in [0.5, 0.6) is 5.75 Å². The van der Waals surface area contributed by atoms with Crippen molar-refractivity contribution in [3.63, 3.8) is 0 Å². The normalized spacial score (nSPS) is 12.2. The Morgan fingerprint density at radius 2 is 1.79 bits per heavy atom. The first-order valence-electron chi connectivity index (χ1n) is 10.7. The summed E-state index contributed by atoms with van der Waals surface area (Å²) in [7, 11) is -1.81. The number of H-pyrrole nitrogens is 1. The minimum Gasteiger partial charge on any atom is -0.496 e. The summed E-state index contributed by atoms with van der Waals surface area (Å²) in [6, 6.07) is 12.4. The lowest BCUT2D eigenvalue weighted by Gasteiger charge is -2.24. The van der Waals surface area contributed by atoms with Gasteiger partial charge >= 0.3 is 0 Å². The predicted molar refractivity (Wildman–Crippen MR) is 138 cm³/mol. The summed E-state index contributed by atoms with van der Waals surface area (Å²) in [6.45, 7) is 5.97. The highest BCUT2D eigenvalue weighted by molar-refractivity contribution is 7.92. The van der Waals surface area contributed by atoms with Gasteiger partial charge in [0.05, 0.1) is 20.0 Å². The Balaban J connectivity index is 2.15. The number of pyridine rings is 1. The van der Waals surface area contributed by atoms with Crippen molar-refractivity contribution in [1.29, 1.82) is 0 Å². The maximum absolute atomic E-state index is 12.5. The summed E-state index contributed by atoms with van der Waals surface area (Å²) in [5.74, 6) is 0.695. The van der Waals surface area contributed by atoms with Gasteiger partial charge in [-0.3, -0.25) is 9.52 Å². The van der Waals surface area contributed by atoms with Crippen LogP contribution in [0.25, 0.3) is 23.3 Å². The Morgan fingerprint density at radius 3 is 2.38 bits per heavy atom. The number of methoxy groups -OCH3 is 1. The molecule has 3 aromatic rings. The van der Waals surface area contributed by atoms with Crippen LogP contribution in [0.15, 0.2) is 53.5 Å². The van der Waals surface area contributed by atoms with Crippen LogP contribution in [0.4, 0.5) is 5.69 Å². The molecule has 1 aromatic heterocycles. The number of ether oxygens (including phenoxy) is 1. The van der Waals surface area contributed by atoms with Gasteiger partial charge in [-0.1, -0.05) is 39.0 Å². The second kappa shape index (κ2) is 9.87. The van der Waals surface area contributed by atoms with Crippen molar-refractivity contribution in [3.8, 4) is 16.9 Å². The Kier molecular flexibility index (Phi) is 7.33. The second-order valence-electron chi connectivity index (χ2n) is 9.09. The number of sulfonamides is 1. The molecule has 0 radical (unpaired) electrons. The molecule has 0 saturated heterocycles. The van der Waals surface area contributed by atoms with Gasteiger partial charge in [0.15, 0.2) is 0 Å². The van der Waals surface area contributed by atoms with E-state index in [4.69, 9.17) is 4.74 Å². The Labute approximate surface area is 200 Å². The molecule has 0 saturated carbocycles. The summed E-state index contributed by atoms with van der Waals surface area (Å²) in [4.78, 5) is 15.2. The van der Waals surface area contributed by atoms with E-state index in [0.29, 0.717) is 22.6 Å². The molecule has 0 atom stereocenters. The predicted octanol–water partition coefficient (Wildman–Crippen LogP) is 4.38. The van der Waals surface area contributed by atoms with E-state index in [9.17, 15) is 18.3 Å². The van der Waals surface area contributed by atoms with E-state index in [2.05, 4.69) is 30.5 Å². The van der Waals surface area contributed by atoms with Crippen molar-refractivity contribution >= 4 is 27.9 Å². The highest BCUT2D eigenvalue weighted by Gasteiger charge is 2.22. The maximum Gasteiger partial charge on any atom is 0.255 e. The lowest BCUT2D eigenvalue weighted by molar-refractivity contribution is 0.281. The molecule has 0 aliphatic carbocycles. The zero-order valence-corrected chi connectivity index (χ0v) is 20.8. The number of anilines is 1. The summed E-state index contributed by atoms with van der Waals surface area (Å²) >= 11 is 0. The molecule has 0 unspecified atom stereocenters. The van der Waals surface area contributed by atoms with Crippen LogP contribution in [0, 0.1) is 0 Å². The highest BCUT2D eigenvalue weighted by atomic mass is 32.2. The van der Waals surface area contributed by atoms with Gasteiger partial charge in [0.1, 0.15) is 5.75 Å². The molecular formula is C26H30N2O5S. The fraction of sp³-hybridized carbons (Fsp3) is 0.269. The lowest BCUT2D eigenvalue weighted by Crippen LogP contribution is -2.15. The van der Waals surface area contributed by atoms with Crippen molar-refractivity contribution in [1.82, 2.24) is 4.98 Å². The number of nitrogens with one attached hydrogen (secondary N) is 2. The number of hydrogen-bond acceptors (Lipinski definition) is 5. The summed E-state index contributed by atoms with van der Waals surface area (Å²) in [5, 5.41) is 9.84. The third kappa shape index (κ3) is 5.95. The molecule has 180 valence electrons. The van der Waals surface area contributed by atoms with Gasteiger partial charge in [-0.2, -0.15) is 0 Å². The number of aromatic amines is 1. The molecule has 0 fully saturated rings. The van der Waals surface area contributed by atoms with E-state index >= 15 is 0 Å². The van der Waals surface area contributed by atoms with E-state index in [-0.39, 0.29) is 17.6 Å². The molecule has 0 spiro atoms. The number of hydrogen-bond donors (Lipinski definition) is 3. The van der Waals surface area contributed by atoms with Crippen LogP contribution in [-0.4, -0.2) is 31.9 Å². The molecule has 3 rings (SSSR count). The topological polar surface area (TPSA) is 108 Å². The zero-order chi connectivity index (χ0) is 25.1. The fourth-order valence-corrected chi connectivity index (χ4v) is 4.28. The third-order valence-corrected chi connectivity index (χ3v) is 5.92. The van der Waals surface area contributed by atoms with Gasteiger partial charge in [-0.25, -0.2) is 8.42 Å². The fourth-order valence-electron chi connectivity index (χ4n) is 3.73. The van der Waals surface area contributed by atoms with Gasteiger partial charge in [-0.15, -0.1) is 0 Å². The molecule has 0 amide bonds. The van der Waals surface area contributed by atoms with E-state index in [0.717, 1.165) is 28.5 Å². The summed E-state index contributed by atoms with van der Waals surface area (Å²) in [5.41, 5.74) is 4.28. The van der Waals surface area contributed by atoms with Gasteiger partial charge in [-0.05, 0) is 58.5 Å². The molecule has 7 nitrogen and oxygen atoms in total. The summed E-state index contributed by atoms with van der Waals surface area (Å²) in [6.07, 6.45) is 6.37. The van der Waals surface area contributed by atoms with Crippen molar-refractivity contribution in [2.45, 2.75) is 32.8 Å². The molecule has 1 heterocycles. The van der Waals surface area contributed by atoms with Gasteiger partial charge in [0.25, 0.3) is 5.56 Å². The minimum atomic E-state index is -3.43. The number of benzene rings is 2. The largest absolute Gasteiger partial charge is 0.496 e. The van der Waals surface area contributed by atoms with Crippen LogP contribution in [0.2, 0.25) is 0 Å². The molecule has 8 heteroatoms. The van der Waals surface area contributed by atoms with Gasteiger partial charge in [0, 0.05) is 28.6 Å². The van der Waals surface area contributed by atoms with Crippen LogP contribution >= 0.6 is 0 Å². The van der Waals surface area contributed by atoms with Crippen LogP contribution in [-0.2, 0) is 22.0 Å². The molecule has 3 N–H and O–H groups in total. The van der Waals surface area contributed by atoms with Crippen molar-refractivity contribution in [3.05, 3.63) is 81.3 Å². The minimum absolute atomic E-state index is 0.181. The first kappa shape index (κ1) is 25.3. The van der Waals surface area contributed by atoms with E-state index < -0.39 is 10.0 Å². The van der Waals surface area contributed by atoms with Crippen LogP contribution in [0.3, 0.4) is 0 Å². The molecule has 0 bridgehead atoms. The highest BCUT2D eigenvalue weighted by Crippen LogP contribution is 2.38. The second-order valence-corrected chi connectivity index (χ2v) is 10.8. The van der Waals surface area contributed by atoms with E-state index in [1.54, 1.807) is 43.6 Å². The van der Waals surface area contributed by atoms with E-state index in [1.807, 2.05) is 24.3 Å². The number of aliphatic hydroxyl groups excluding tert-OH is 1. The lowest BCUT2D eigenvalue weighted by atomic mass is 9.83. The molecular weight excluding hydrogens is 452 g/mol. The van der Waals surface area contributed by atoms with Crippen molar-refractivity contribution in [2.75, 3.05) is 18.1 Å². The van der Waals surface area contributed by atoms with Crippen molar-refractivity contribution < 1.29 is 18.3 Å². The van der Waals surface area contributed by atoms with Crippen LogP contribution < -0.4 is 15.0 Å². The van der Waals surface area contributed by atoms with Crippen molar-refractivity contribution in [2.24, 2.45) is 0 Å². The number of aromatic nitrogens is 1. The quantitative estimate of drug-likeness (QED) is 0.433. The average Bonchev–Trinajstić information content (AvgIpc) is 2.76. The first-order valence-corrected chi connectivity index (χ1v) is 12.6. The SMILES string of the molecule is COc1c(C=Cc2ccc(NS(C)(=O)=O)cc2CO)cc(-c2ccc[nH]c2=O)cc1C(C)(C)C. The number of rotatable bonds is 7. The molecule has 2 aromatic carbocycles. The zero-order valence-electron chi connectivity index (χ0n) is 20.0. The molecule has 34 heavy (non-hydrogen) atoms. The summed E-state index contributed by atoms with van der Waals surface area (Å²) < 4.78 is 31.2. The maximum atomic E-state index is 12.5.